The highest BCUT2D eigenvalue weighted by molar-refractivity contribution is 5.80. The van der Waals surface area contributed by atoms with Crippen molar-refractivity contribution in [3.8, 4) is 5.75 Å². The number of hydrogen-bond acceptors (Lipinski definition) is 4. The second-order valence-corrected chi connectivity index (χ2v) is 4.33. The molecule has 1 unspecified atom stereocenters. The van der Waals surface area contributed by atoms with E-state index in [1.165, 1.54) is 0 Å². The Kier molecular flexibility index (Phi) is 2.50. The van der Waals surface area contributed by atoms with Crippen molar-refractivity contribution in [2.45, 2.75) is 19.9 Å². The van der Waals surface area contributed by atoms with Crippen molar-refractivity contribution in [1.29, 1.82) is 0 Å². The van der Waals surface area contributed by atoms with Gasteiger partial charge in [-0.15, -0.1) is 0 Å². The summed E-state index contributed by atoms with van der Waals surface area (Å²) < 4.78 is 0. The number of aromatic hydroxyl groups is 1. The molecule has 3 N–H and O–H groups in total. The number of benzene rings is 1. The maximum Gasteiger partial charge on any atom is 0.191 e. The summed E-state index contributed by atoms with van der Waals surface area (Å²) in [4.78, 5) is 6.18. The molecule has 4 heteroatoms. The zero-order valence-corrected chi connectivity index (χ0v) is 9.86. The summed E-state index contributed by atoms with van der Waals surface area (Å²) in [5.41, 5.74) is 8.69. The number of nitrogens with two attached hydrogens (primary N) is 1. The molecule has 0 radical (unpaired) electrons. The van der Waals surface area contributed by atoms with Crippen LogP contribution in [0.2, 0.25) is 0 Å². The van der Waals surface area contributed by atoms with Gasteiger partial charge in [-0.05, 0) is 30.5 Å². The molecule has 0 fully saturated rings. The van der Waals surface area contributed by atoms with Gasteiger partial charge in [0.1, 0.15) is 5.75 Å². The first-order valence-electron chi connectivity index (χ1n) is 5.33. The lowest BCUT2D eigenvalue weighted by molar-refractivity contribution is 0.412. The van der Waals surface area contributed by atoms with Gasteiger partial charge in [0, 0.05) is 7.05 Å². The molecule has 1 heterocycles. The van der Waals surface area contributed by atoms with Crippen molar-refractivity contribution >= 4 is 5.96 Å². The minimum atomic E-state index is 0.193. The highest BCUT2D eigenvalue weighted by Crippen LogP contribution is 2.30. The summed E-state index contributed by atoms with van der Waals surface area (Å²) >= 11 is 0. The van der Waals surface area contributed by atoms with E-state index in [4.69, 9.17) is 5.73 Å². The molecule has 0 saturated heterocycles. The lowest BCUT2D eigenvalue weighted by Gasteiger charge is -2.22. The first-order chi connectivity index (χ1) is 7.50. The fourth-order valence-corrected chi connectivity index (χ4v) is 2.08. The van der Waals surface area contributed by atoms with Crippen LogP contribution in [0.4, 0.5) is 0 Å². The Hall–Kier alpha value is -1.71. The Balaban J connectivity index is 2.36. The minimum Gasteiger partial charge on any atom is -0.507 e. The van der Waals surface area contributed by atoms with Crippen molar-refractivity contribution < 1.29 is 5.11 Å². The molecule has 0 aliphatic carbocycles. The Bertz CT molecular complexity index is 431. The van der Waals surface area contributed by atoms with Crippen molar-refractivity contribution in [2.24, 2.45) is 10.7 Å². The van der Waals surface area contributed by atoms with Gasteiger partial charge in [0.25, 0.3) is 0 Å². The van der Waals surface area contributed by atoms with E-state index in [1.807, 2.05) is 37.9 Å². The van der Waals surface area contributed by atoms with Crippen LogP contribution in [-0.4, -0.2) is 29.6 Å². The van der Waals surface area contributed by atoms with E-state index in [0.29, 0.717) is 18.3 Å². The van der Waals surface area contributed by atoms with Crippen LogP contribution in [0.15, 0.2) is 17.1 Å². The van der Waals surface area contributed by atoms with Gasteiger partial charge in [-0.3, -0.25) is 4.99 Å². The topological polar surface area (TPSA) is 61.8 Å². The molecule has 0 saturated carbocycles. The number of nitrogens with zero attached hydrogens (tertiary/aromatic N) is 2. The van der Waals surface area contributed by atoms with Crippen LogP contribution in [0, 0.1) is 13.8 Å². The van der Waals surface area contributed by atoms with E-state index < -0.39 is 0 Å². The highest BCUT2D eigenvalue weighted by Gasteiger charge is 2.24. The fourth-order valence-electron chi connectivity index (χ4n) is 2.08. The molecule has 0 spiro atoms. The molecule has 2 rings (SSSR count). The normalized spacial score (nSPS) is 20.1. The van der Waals surface area contributed by atoms with Crippen LogP contribution in [0.25, 0.3) is 0 Å². The lowest BCUT2D eigenvalue weighted by Crippen LogP contribution is -2.32. The van der Waals surface area contributed by atoms with Crippen LogP contribution in [0.5, 0.6) is 5.75 Å². The number of phenolic OH excluding ortho intramolecular Hbond substituents is 1. The smallest absolute Gasteiger partial charge is 0.191 e. The average molecular weight is 219 g/mol. The quantitative estimate of drug-likeness (QED) is 0.748. The number of hydrogen-bond donors (Lipinski definition) is 2. The van der Waals surface area contributed by atoms with Gasteiger partial charge in [-0.2, -0.15) is 0 Å². The molecular weight excluding hydrogens is 202 g/mol. The van der Waals surface area contributed by atoms with Crippen LogP contribution >= 0.6 is 0 Å². The molecule has 1 aromatic carbocycles. The van der Waals surface area contributed by atoms with Crippen molar-refractivity contribution in [2.75, 3.05) is 13.6 Å². The lowest BCUT2D eigenvalue weighted by atomic mass is 10.00. The molecule has 0 aromatic heterocycles. The van der Waals surface area contributed by atoms with Gasteiger partial charge in [-0.25, -0.2) is 0 Å². The van der Waals surface area contributed by atoms with Crippen molar-refractivity contribution in [3.63, 3.8) is 0 Å². The van der Waals surface area contributed by atoms with Crippen LogP contribution in [0.1, 0.15) is 22.7 Å². The third kappa shape index (κ3) is 1.60. The third-order valence-corrected chi connectivity index (χ3v) is 3.15. The Morgan fingerprint density at radius 1 is 1.38 bits per heavy atom. The number of likely N-dealkylation sites (N-methyl/N-ethyl adjacent to an activating group) is 1. The van der Waals surface area contributed by atoms with Crippen molar-refractivity contribution in [1.82, 2.24) is 4.90 Å². The first-order valence-corrected chi connectivity index (χ1v) is 5.33. The van der Waals surface area contributed by atoms with Gasteiger partial charge in [0.15, 0.2) is 5.96 Å². The van der Waals surface area contributed by atoms with Gasteiger partial charge >= 0.3 is 0 Å². The van der Waals surface area contributed by atoms with Crippen molar-refractivity contribution in [3.05, 3.63) is 28.8 Å². The van der Waals surface area contributed by atoms with E-state index in [1.54, 1.807) is 0 Å². The zero-order chi connectivity index (χ0) is 11.9. The van der Waals surface area contributed by atoms with E-state index in [-0.39, 0.29) is 6.04 Å². The molecule has 1 aromatic rings. The predicted molar refractivity (Wildman–Crippen MR) is 64.6 cm³/mol. The van der Waals surface area contributed by atoms with Crippen LogP contribution in [0.3, 0.4) is 0 Å². The fraction of sp³-hybridized carbons (Fsp3) is 0.417. The summed E-state index contributed by atoms with van der Waals surface area (Å²) in [7, 11) is 1.94. The highest BCUT2D eigenvalue weighted by atomic mass is 16.3. The van der Waals surface area contributed by atoms with Gasteiger partial charge in [-0.1, -0.05) is 12.1 Å². The third-order valence-electron chi connectivity index (χ3n) is 3.15. The van der Waals surface area contributed by atoms with E-state index >= 15 is 0 Å². The SMILES string of the molecule is Cc1cc(C2CN=C(N)N2C)cc(C)c1O. The summed E-state index contributed by atoms with van der Waals surface area (Å²) in [6.45, 7) is 4.50. The van der Waals surface area contributed by atoms with E-state index in [2.05, 4.69) is 4.99 Å². The largest absolute Gasteiger partial charge is 0.507 e. The molecule has 86 valence electrons. The standard InChI is InChI=1S/C12H17N3O/c1-7-4-9(5-8(2)11(7)16)10-6-14-12(13)15(10)3/h4-5,10,16H,6H2,1-3H3,(H2,13,14). The molecule has 4 nitrogen and oxygen atoms in total. The second-order valence-electron chi connectivity index (χ2n) is 4.33. The van der Waals surface area contributed by atoms with Crippen LogP contribution in [-0.2, 0) is 0 Å². The number of rotatable bonds is 1. The molecular formula is C12H17N3O. The second kappa shape index (κ2) is 3.70. The Morgan fingerprint density at radius 3 is 2.38 bits per heavy atom. The maximum absolute atomic E-state index is 9.72. The molecule has 1 atom stereocenters. The first kappa shape index (κ1) is 10.8. The number of phenols is 1. The summed E-state index contributed by atoms with van der Waals surface area (Å²) in [5, 5.41) is 9.72. The molecule has 1 aliphatic rings. The molecule has 1 aliphatic heterocycles. The summed E-state index contributed by atoms with van der Waals surface area (Å²) in [6, 6.07) is 4.19. The van der Waals surface area contributed by atoms with E-state index in [0.717, 1.165) is 16.7 Å². The number of aryl methyl sites for hydroxylation is 2. The monoisotopic (exact) mass is 219 g/mol. The van der Waals surface area contributed by atoms with Crippen LogP contribution < -0.4 is 5.73 Å². The Morgan fingerprint density at radius 2 is 1.94 bits per heavy atom. The molecule has 0 bridgehead atoms. The Labute approximate surface area is 95.4 Å². The number of guanidine groups is 1. The predicted octanol–water partition coefficient (Wildman–Crippen LogP) is 1.31. The average Bonchev–Trinajstić information content (AvgIpc) is 2.56. The minimum absolute atomic E-state index is 0.193. The molecule has 16 heavy (non-hydrogen) atoms. The van der Waals surface area contributed by atoms with E-state index in [9.17, 15) is 5.11 Å². The number of aliphatic imine (C=N–C) groups is 1. The summed E-state index contributed by atoms with van der Waals surface area (Å²) in [6.07, 6.45) is 0. The van der Waals surface area contributed by atoms with Gasteiger partial charge in [0.05, 0.1) is 12.6 Å². The van der Waals surface area contributed by atoms with Gasteiger partial charge < -0.3 is 15.7 Å². The zero-order valence-electron chi connectivity index (χ0n) is 9.86. The summed E-state index contributed by atoms with van der Waals surface area (Å²) in [5.74, 6) is 0.951. The maximum atomic E-state index is 9.72. The molecule has 0 amide bonds. The van der Waals surface area contributed by atoms with Gasteiger partial charge in [0.2, 0.25) is 0 Å².